The minimum Gasteiger partial charge on any atom is -0.447 e. The van der Waals surface area contributed by atoms with Crippen LogP contribution in [0.5, 0.6) is 0 Å². The summed E-state index contributed by atoms with van der Waals surface area (Å²) in [5, 5.41) is 12.9. The SMILES string of the molecule is Cc1ccnc2nc(C(=O)O[C@@H](C)C(=O)N(CCC#N)c3ccccc3)nn12. The van der Waals surface area contributed by atoms with Gasteiger partial charge in [0.15, 0.2) is 6.10 Å². The summed E-state index contributed by atoms with van der Waals surface area (Å²) in [7, 11) is 0. The Labute approximate surface area is 161 Å². The molecule has 9 nitrogen and oxygen atoms in total. The number of fused-ring (bicyclic) bond motifs is 1. The van der Waals surface area contributed by atoms with Crippen molar-refractivity contribution >= 4 is 23.3 Å². The molecule has 3 aromatic rings. The van der Waals surface area contributed by atoms with E-state index in [-0.39, 0.29) is 24.6 Å². The standard InChI is InChI=1S/C19H18N6O3/c1-13-9-11-21-19-22-16(23-25(13)19)18(27)28-14(2)17(26)24(12-6-10-20)15-7-4-3-5-8-15/h3-5,7-9,11,14H,6,12H2,1-2H3/t14-/m0/s1. The monoisotopic (exact) mass is 378 g/mol. The van der Waals surface area contributed by atoms with E-state index >= 15 is 0 Å². The Morgan fingerprint density at radius 1 is 1.29 bits per heavy atom. The molecule has 0 aliphatic heterocycles. The first kappa shape index (κ1) is 19.0. The fourth-order valence-corrected chi connectivity index (χ4v) is 2.61. The third-order valence-electron chi connectivity index (χ3n) is 4.03. The highest BCUT2D eigenvalue weighted by Crippen LogP contribution is 2.16. The lowest BCUT2D eigenvalue weighted by molar-refractivity contribution is -0.126. The Hall–Kier alpha value is -3.80. The van der Waals surface area contributed by atoms with Crippen molar-refractivity contribution in [1.29, 1.82) is 5.26 Å². The van der Waals surface area contributed by atoms with Crippen molar-refractivity contribution in [3.8, 4) is 6.07 Å². The molecule has 0 fully saturated rings. The Balaban J connectivity index is 1.76. The Morgan fingerprint density at radius 2 is 2.04 bits per heavy atom. The van der Waals surface area contributed by atoms with Crippen molar-refractivity contribution in [1.82, 2.24) is 19.6 Å². The lowest BCUT2D eigenvalue weighted by Gasteiger charge is -2.24. The largest absolute Gasteiger partial charge is 0.447 e. The molecule has 0 spiro atoms. The molecule has 0 radical (unpaired) electrons. The first-order valence-electron chi connectivity index (χ1n) is 8.64. The Kier molecular flexibility index (Phi) is 5.60. The maximum absolute atomic E-state index is 12.8. The highest BCUT2D eigenvalue weighted by atomic mass is 16.5. The van der Waals surface area contributed by atoms with Gasteiger partial charge in [-0.05, 0) is 32.0 Å². The Bertz CT molecular complexity index is 1040. The van der Waals surface area contributed by atoms with Crippen LogP contribution >= 0.6 is 0 Å². The number of carbonyl (C=O) groups excluding carboxylic acids is 2. The smallest absolute Gasteiger partial charge is 0.379 e. The fraction of sp³-hybridized carbons (Fsp3) is 0.263. The normalized spacial score (nSPS) is 11.6. The van der Waals surface area contributed by atoms with Crippen molar-refractivity contribution in [2.24, 2.45) is 0 Å². The van der Waals surface area contributed by atoms with Crippen LogP contribution in [0.1, 0.15) is 29.7 Å². The molecule has 0 saturated carbocycles. The van der Waals surface area contributed by atoms with E-state index in [4.69, 9.17) is 10.00 Å². The molecule has 3 rings (SSSR count). The van der Waals surface area contributed by atoms with Gasteiger partial charge in [0.1, 0.15) is 0 Å². The molecular formula is C19H18N6O3. The van der Waals surface area contributed by atoms with Gasteiger partial charge in [-0.1, -0.05) is 18.2 Å². The van der Waals surface area contributed by atoms with E-state index in [2.05, 4.69) is 15.1 Å². The Morgan fingerprint density at radius 3 is 2.71 bits per heavy atom. The summed E-state index contributed by atoms with van der Waals surface area (Å²) in [4.78, 5) is 34.7. The molecule has 0 aliphatic rings. The number of nitrogens with zero attached hydrogens (tertiary/aromatic N) is 6. The molecule has 2 aromatic heterocycles. The number of aromatic nitrogens is 4. The summed E-state index contributed by atoms with van der Waals surface area (Å²) in [5.74, 6) is -1.16. The van der Waals surface area contributed by atoms with Crippen LogP contribution in [0.15, 0.2) is 42.6 Å². The second-order valence-electron chi connectivity index (χ2n) is 6.01. The van der Waals surface area contributed by atoms with Gasteiger partial charge in [-0.15, -0.1) is 5.10 Å². The van der Waals surface area contributed by atoms with E-state index in [0.717, 1.165) is 5.69 Å². The number of hydrogen-bond acceptors (Lipinski definition) is 7. The molecule has 1 aromatic carbocycles. The lowest BCUT2D eigenvalue weighted by Crippen LogP contribution is -2.40. The molecule has 9 heteroatoms. The van der Waals surface area contributed by atoms with Gasteiger partial charge in [-0.3, -0.25) is 4.79 Å². The van der Waals surface area contributed by atoms with Gasteiger partial charge in [0.2, 0.25) is 0 Å². The van der Waals surface area contributed by atoms with Crippen LogP contribution in [-0.4, -0.2) is 44.1 Å². The van der Waals surface area contributed by atoms with Crippen molar-refractivity contribution in [3.63, 3.8) is 0 Å². The lowest BCUT2D eigenvalue weighted by atomic mass is 10.2. The molecule has 2 heterocycles. The maximum atomic E-state index is 12.8. The fourth-order valence-electron chi connectivity index (χ4n) is 2.61. The van der Waals surface area contributed by atoms with Crippen LogP contribution in [0.4, 0.5) is 5.69 Å². The summed E-state index contributed by atoms with van der Waals surface area (Å²) in [6.45, 7) is 3.47. The molecule has 28 heavy (non-hydrogen) atoms. The highest BCUT2D eigenvalue weighted by Gasteiger charge is 2.27. The number of para-hydroxylation sites is 1. The number of rotatable bonds is 6. The third-order valence-corrected chi connectivity index (χ3v) is 4.03. The molecule has 1 amide bonds. The van der Waals surface area contributed by atoms with Crippen LogP contribution in [-0.2, 0) is 9.53 Å². The summed E-state index contributed by atoms with van der Waals surface area (Å²) < 4.78 is 6.69. The second-order valence-corrected chi connectivity index (χ2v) is 6.01. The van der Waals surface area contributed by atoms with Crippen molar-refractivity contribution in [3.05, 3.63) is 54.1 Å². The summed E-state index contributed by atoms with van der Waals surface area (Å²) in [6, 6.07) is 12.7. The molecule has 0 unspecified atom stereocenters. The average Bonchev–Trinajstić information content (AvgIpc) is 3.15. The van der Waals surface area contributed by atoms with E-state index in [1.807, 2.05) is 12.1 Å². The van der Waals surface area contributed by atoms with Gasteiger partial charge in [0, 0.05) is 24.1 Å². The topological polar surface area (TPSA) is 113 Å². The zero-order valence-corrected chi connectivity index (χ0v) is 15.4. The summed E-state index contributed by atoms with van der Waals surface area (Å²) in [5.41, 5.74) is 1.38. The number of ether oxygens (including phenoxy) is 1. The number of hydrogen-bond donors (Lipinski definition) is 0. The predicted octanol–water partition coefficient (Wildman–Crippen LogP) is 1.92. The zero-order valence-electron chi connectivity index (χ0n) is 15.4. The quantitative estimate of drug-likeness (QED) is 0.602. The van der Waals surface area contributed by atoms with Crippen LogP contribution in [0.2, 0.25) is 0 Å². The molecule has 0 saturated heterocycles. The first-order valence-corrected chi connectivity index (χ1v) is 8.64. The number of aryl methyl sites for hydroxylation is 1. The molecule has 0 aliphatic carbocycles. The highest BCUT2D eigenvalue weighted by molar-refractivity contribution is 5.98. The van der Waals surface area contributed by atoms with E-state index in [9.17, 15) is 9.59 Å². The number of esters is 1. The van der Waals surface area contributed by atoms with Gasteiger partial charge < -0.3 is 9.64 Å². The van der Waals surface area contributed by atoms with Crippen molar-refractivity contribution in [2.45, 2.75) is 26.4 Å². The van der Waals surface area contributed by atoms with Gasteiger partial charge in [0.25, 0.3) is 17.5 Å². The van der Waals surface area contributed by atoms with E-state index in [1.54, 1.807) is 43.5 Å². The van der Waals surface area contributed by atoms with E-state index in [1.165, 1.54) is 16.3 Å². The zero-order chi connectivity index (χ0) is 20.1. The molecule has 1 atom stereocenters. The number of benzene rings is 1. The van der Waals surface area contributed by atoms with Gasteiger partial charge in [0.05, 0.1) is 12.5 Å². The van der Waals surface area contributed by atoms with Crippen molar-refractivity contribution < 1.29 is 14.3 Å². The van der Waals surface area contributed by atoms with E-state index < -0.39 is 18.0 Å². The van der Waals surface area contributed by atoms with Crippen LogP contribution in [0.25, 0.3) is 5.78 Å². The summed E-state index contributed by atoms with van der Waals surface area (Å²) in [6.07, 6.45) is 0.639. The third kappa shape index (κ3) is 3.96. The van der Waals surface area contributed by atoms with Gasteiger partial charge >= 0.3 is 5.97 Å². The number of nitriles is 1. The molecule has 0 N–H and O–H groups in total. The second kappa shape index (κ2) is 8.26. The van der Waals surface area contributed by atoms with Crippen LogP contribution < -0.4 is 4.90 Å². The minimum atomic E-state index is -1.08. The average molecular weight is 378 g/mol. The maximum Gasteiger partial charge on any atom is 0.379 e. The predicted molar refractivity (Wildman–Crippen MR) is 99.4 cm³/mol. The number of amides is 1. The van der Waals surface area contributed by atoms with E-state index in [0.29, 0.717) is 5.69 Å². The minimum absolute atomic E-state index is 0.153. The molecule has 142 valence electrons. The molecule has 0 bridgehead atoms. The number of carbonyl (C=O) groups is 2. The van der Waals surface area contributed by atoms with Gasteiger partial charge in [-0.25, -0.2) is 14.3 Å². The van der Waals surface area contributed by atoms with Crippen LogP contribution in [0, 0.1) is 18.3 Å². The van der Waals surface area contributed by atoms with Crippen molar-refractivity contribution in [2.75, 3.05) is 11.4 Å². The summed E-state index contributed by atoms with van der Waals surface area (Å²) >= 11 is 0. The first-order chi connectivity index (χ1) is 13.5. The van der Waals surface area contributed by atoms with Crippen LogP contribution in [0.3, 0.4) is 0 Å². The molecular weight excluding hydrogens is 360 g/mol. The number of anilines is 1. The van der Waals surface area contributed by atoms with Gasteiger partial charge in [-0.2, -0.15) is 10.2 Å².